The highest BCUT2D eigenvalue weighted by molar-refractivity contribution is 7.92. The highest BCUT2D eigenvalue weighted by atomic mass is 35.5. The zero-order valence-corrected chi connectivity index (χ0v) is 16.2. The van der Waals surface area contributed by atoms with Crippen molar-refractivity contribution < 1.29 is 22.4 Å². The number of pyridine rings is 1. The molecular weight excluding hydrogens is 406 g/mol. The van der Waals surface area contributed by atoms with Crippen LogP contribution in [0, 0.1) is 0 Å². The maximum absolute atomic E-state index is 12.8. The summed E-state index contributed by atoms with van der Waals surface area (Å²) in [6, 6.07) is 9.70. The summed E-state index contributed by atoms with van der Waals surface area (Å²) in [5, 5.41) is 0.580. The Morgan fingerprint density at radius 1 is 1.18 bits per heavy atom. The number of fused-ring (bicyclic) bond motifs is 1. The SMILES string of the molecule is O=C(c1ncc(Cl)cc1NS(=O)(=O)c1cc2ccccc2o1)N1CCOCC1. The summed E-state index contributed by atoms with van der Waals surface area (Å²) < 4.78 is 38.7. The smallest absolute Gasteiger partial charge is 0.295 e. The fraction of sp³-hybridized carbons (Fsp3) is 0.222. The van der Waals surface area contributed by atoms with Crippen LogP contribution in [0.15, 0.2) is 52.1 Å². The fourth-order valence-electron chi connectivity index (χ4n) is 2.89. The highest BCUT2D eigenvalue weighted by Crippen LogP contribution is 2.27. The minimum Gasteiger partial charge on any atom is -0.443 e. The van der Waals surface area contributed by atoms with Crippen LogP contribution in [0.25, 0.3) is 11.0 Å². The molecule has 0 atom stereocenters. The molecule has 4 rings (SSSR count). The number of aromatic nitrogens is 1. The van der Waals surface area contributed by atoms with E-state index in [1.54, 1.807) is 29.2 Å². The molecule has 0 spiro atoms. The first-order chi connectivity index (χ1) is 13.4. The number of morpholine rings is 1. The highest BCUT2D eigenvalue weighted by Gasteiger charge is 2.26. The molecule has 28 heavy (non-hydrogen) atoms. The Kier molecular flexibility index (Phi) is 4.96. The Hall–Kier alpha value is -2.62. The number of nitrogens with zero attached hydrogens (tertiary/aromatic N) is 2. The first-order valence-electron chi connectivity index (χ1n) is 8.48. The van der Waals surface area contributed by atoms with Gasteiger partial charge in [0.25, 0.3) is 15.9 Å². The summed E-state index contributed by atoms with van der Waals surface area (Å²) >= 11 is 5.98. The molecule has 0 saturated carbocycles. The second-order valence-corrected chi connectivity index (χ2v) is 8.21. The maximum Gasteiger partial charge on any atom is 0.295 e. The van der Waals surface area contributed by atoms with Gasteiger partial charge in [0.15, 0.2) is 5.69 Å². The number of amides is 1. The molecule has 1 N–H and O–H groups in total. The van der Waals surface area contributed by atoms with E-state index in [0.29, 0.717) is 37.3 Å². The zero-order valence-electron chi connectivity index (χ0n) is 14.6. The summed E-state index contributed by atoms with van der Waals surface area (Å²) in [7, 11) is -4.09. The van der Waals surface area contributed by atoms with Gasteiger partial charge in [-0.15, -0.1) is 0 Å². The van der Waals surface area contributed by atoms with Gasteiger partial charge in [-0.3, -0.25) is 9.52 Å². The van der Waals surface area contributed by atoms with Crippen molar-refractivity contribution in [3.05, 3.63) is 53.3 Å². The minimum absolute atomic E-state index is 0.00977. The number of para-hydroxylation sites is 1. The molecule has 2 aromatic heterocycles. The summed E-state index contributed by atoms with van der Waals surface area (Å²) in [5.74, 6) is -0.401. The molecule has 0 aliphatic carbocycles. The van der Waals surface area contributed by atoms with Gasteiger partial charge in [-0.2, -0.15) is 8.42 Å². The third kappa shape index (κ3) is 3.68. The molecule has 3 aromatic rings. The van der Waals surface area contributed by atoms with Gasteiger partial charge in [-0.1, -0.05) is 29.8 Å². The zero-order chi connectivity index (χ0) is 19.7. The number of ether oxygens (including phenoxy) is 1. The molecule has 1 aromatic carbocycles. The number of carbonyl (C=O) groups is 1. The van der Waals surface area contributed by atoms with Crippen molar-refractivity contribution in [2.45, 2.75) is 5.09 Å². The molecule has 1 fully saturated rings. The van der Waals surface area contributed by atoms with Crippen LogP contribution in [-0.4, -0.2) is 50.5 Å². The maximum atomic E-state index is 12.8. The van der Waals surface area contributed by atoms with E-state index in [1.165, 1.54) is 18.3 Å². The second kappa shape index (κ2) is 7.42. The monoisotopic (exact) mass is 421 g/mol. The van der Waals surface area contributed by atoms with E-state index in [2.05, 4.69) is 9.71 Å². The van der Waals surface area contributed by atoms with E-state index < -0.39 is 15.9 Å². The molecular formula is C18H16ClN3O5S. The Morgan fingerprint density at radius 2 is 1.93 bits per heavy atom. The summed E-state index contributed by atoms with van der Waals surface area (Å²) in [6.45, 7) is 1.64. The predicted octanol–water partition coefficient (Wildman–Crippen LogP) is 2.75. The molecule has 1 amide bonds. The van der Waals surface area contributed by atoms with Crippen molar-refractivity contribution in [2.75, 3.05) is 31.0 Å². The predicted molar refractivity (Wildman–Crippen MR) is 103 cm³/mol. The molecule has 1 aliphatic rings. The van der Waals surface area contributed by atoms with Crippen LogP contribution in [0.1, 0.15) is 10.5 Å². The van der Waals surface area contributed by atoms with Crippen LogP contribution in [0.4, 0.5) is 5.69 Å². The van der Waals surface area contributed by atoms with Crippen LogP contribution in [-0.2, 0) is 14.8 Å². The van der Waals surface area contributed by atoms with Crippen LogP contribution < -0.4 is 4.72 Å². The molecule has 1 aliphatic heterocycles. The van der Waals surface area contributed by atoms with Crippen molar-refractivity contribution in [1.29, 1.82) is 0 Å². The average molecular weight is 422 g/mol. The standard InChI is InChI=1S/C18H16ClN3O5S/c19-13-10-14(17(20-11-13)18(23)22-5-7-26-8-6-22)21-28(24,25)16-9-12-3-1-2-4-15(12)27-16/h1-4,9-11,21H,5-8H2. The summed E-state index contributed by atoms with van der Waals surface area (Å²) in [6.07, 6.45) is 1.30. The van der Waals surface area contributed by atoms with E-state index in [1.807, 2.05) is 0 Å². The number of carbonyl (C=O) groups excluding carboxylic acids is 1. The molecule has 1 saturated heterocycles. The second-order valence-electron chi connectivity index (χ2n) is 6.16. The largest absolute Gasteiger partial charge is 0.443 e. The van der Waals surface area contributed by atoms with Gasteiger partial charge < -0.3 is 14.1 Å². The molecule has 146 valence electrons. The Balaban J connectivity index is 1.68. The van der Waals surface area contributed by atoms with E-state index in [-0.39, 0.29) is 21.5 Å². The lowest BCUT2D eigenvalue weighted by Gasteiger charge is -2.27. The number of benzene rings is 1. The first kappa shape index (κ1) is 18.7. The van der Waals surface area contributed by atoms with Crippen molar-refractivity contribution in [1.82, 2.24) is 9.88 Å². The lowest BCUT2D eigenvalue weighted by Crippen LogP contribution is -2.41. The molecule has 0 radical (unpaired) electrons. The van der Waals surface area contributed by atoms with E-state index in [9.17, 15) is 13.2 Å². The number of anilines is 1. The van der Waals surface area contributed by atoms with Gasteiger partial charge in [0.1, 0.15) is 5.58 Å². The van der Waals surface area contributed by atoms with Crippen molar-refractivity contribution in [3.8, 4) is 0 Å². The number of furan rings is 1. The molecule has 3 heterocycles. The van der Waals surface area contributed by atoms with Gasteiger partial charge in [-0.05, 0) is 12.1 Å². The lowest BCUT2D eigenvalue weighted by atomic mass is 10.2. The van der Waals surface area contributed by atoms with Gasteiger partial charge in [-0.25, -0.2) is 4.98 Å². The molecule has 0 unspecified atom stereocenters. The summed E-state index contributed by atoms with van der Waals surface area (Å²) in [5.41, 5.74) is 0.396. The van der Waals surface area contributed by atoms with E-state index >= 15 is 0 Å². The number of sulfonamides is 1. The van der Waals surface area contributed by atoms with Crippen LogP contribution >= 0.6 is 11.6 Å². The van der Waals surface area contributed by atoms with Gasteiger partial charge >= 0.3 is 0 Å². The number of rotatable bonds is 4. The lowest BCUT2D eigenvalue weighted by molar-refractivity contribution is 0.0300. The van der Waals surface area contributed by atoms with Gasteiger partial charge in [0, 0.05) is 30.7 Å². The Bertz CT molecular complexity index is 1110. The van der Waals surface area contributed by atoms with E-state index in [4.69, 9.17) is 20.8 Å². The quantitative estimate of drug-likeness (QED) is 0.695. The Morgan fingerprint density at radius 3 is 2.68 bits per heavy atom. The topological polar surface area (TPSA) is 102 Å². The van der Waals surface area contributed by atoms with Crippen LogP contribution in [0.3, 0.4) is 0 Å². The Labute approximate surface area is 166 Å². The third-order valence-corrected chi connectivity index (χ3v) is 5.69. The first-order valence-corrected chi connectivity index (χ1v) is 10.3. The number of hydrogen-bond acceptors (Lipinski definition) is 6. The molecule has 8 nitrogen and oxygen atoms in total. The van der Waals surface area contributed by atoms with Crippen LogP contribution in [0.2, 0.25) is 5.02 Å². The number of nitrogens with one attached hydrogen (secondary N) is 1. The fourth-order valence-corrected chi connectivity index (χ4v) is 4.07. The average Bonchev–Trinajstić information content (AvgIpc) is 3.13. The molecule has 0 bridgehead atoms. The van der Waals surface area contributed by atoms with Gasteiger partial charge in [0.05, 0.1) is 23.9 Å². The van der Waals surface area contributed by atoms with Crippen molar-refractivity contribution in [3.63, 3.8) is 0 Å². The van der Waals surface area contributed by atoms with Crippen LogP contribution in [0.5, 0.6) is 0 Å². The number of halogens is 1. The van der Waals surface area contributed by atoms with Gasteiger partial charge in [0.2, 0.25) is 5.09 Å². The summed E-state index contributed by atoms with van der Waals surface area (Å²) in [4.78, 5) is 18.4. The van der Waals surface area contributed by atoms with Crippen molar-refractivity contribution >= 4 is 44.2 Å². The van der Waals surface area contributed by atoms with Crippen molar-refractivity contribution in [2.24, 2.45) is 0 Å². The minimum atomic E-state index is -4.09. The molecule has 10 heteroatoms. The normalized spacial score (nSPS) is 15.0. The number of hydrogen-bond donors (Lipinski definition) is 1. The third-order valence-electron chi connectivity index (χ3n) is 4.27. The van der Waals surface area contributed by atoms with E-state index in [0.717, 1.165) is 0 Å².